The maximum Gasteiger partial charge on any atom is 0.278 e. The Morgan fingerprint density at radius 1 is 1.43 bits per heavy atom. The molecule has 2 aromatic rings. The Kier molecular flexibility index (Phi) is 8.95. The number of aliphatic carboxylic acids is 1. The maximum absolute atomic E-state index is 13.0. The standard InChI is InChI=1S/C19H23N9O6S2.ClH/c1-2-34-24-11(14-23-19(21)36-25-14)15(30)22-12-16(31)28-13(18(32)33)9(8-35-17(12)28)7-26-4-3-10(20)27(26)5-6-29;/h3-4,12,17,20,29H,2,5-8H2,1H3,(H4,21,22,23,25,30,32,33);1H/t12-,17-;/m1./s1. The lowest BCUT2D eigenvalue weighted by Crippen LogP contribution is -2.71. The Balaban J connectivity index is 0.00000380. The van der Waals surface area contributed by atoms with Gasteiger partial charge in [0.25, 0.3) is 11.8 Å². The topological polar surface area (TPSA) is 218 Å². The lowest BCUT2D eigenvalue weighted by molar-refractivity contribution is -0.767. The summed E-state index contributed by atoms with van der Waals surface area (Å²) in [5.41, 5.74) is 11.4. The molecule has 0 unspecified atom stereocenters. The van der Waals surface area contributed by atoms with Crippen molar-refractivity contribution >= 4 is 70.1 Å². The lowest BCUT2D eigenvalue weighted by atomic mass is 10.0. The molecule has 0 radical (unpaired) electrons. The van der Waals surface area contributed by atoms with Crippen LogP contribution in [-0.2, 0) is 32.3 Å². The average molecular weight is 574 g/mol. The predicted octanol–water partition coefficient (Wildman–Crippen LogP) is -2.95. The average Bonchev–Trinajstić information content (AvgIpc) is 3.43. The van der Waals surface area contributed by atoms with Gasteiger partial charge in [0.1, 0.15) is 24.6 Å². The molecule has 0 aromatic carbocycles. The lowest BCUT2D eigenvalue weighted by Gasteiger charge is -2.50. The molecule has 18 heteroatoms. The fraction of sp³-hybridized carbons (Fsp3) is 0.421. The van der Waals surface area contributed by atoms with E-state index in [-0.39, 0.29) is 66.8 Å². The predicted molar refractivity (Wildman–Crippen MR) is 133 cm³/mol. The van der Waals surface area contributed by atoms with E-state index in [1.54, 1.807) is 28.6 Å². The van der Waals surface area contributed by atoms with Crippen molar-refractivity contribution in [3.05, 3.63) is 29.4 Å². The minimum Gasteiger partial charge on any atom is -0.543 e. The number of β-lactam (4-membered cyclic amide) rings is 1. The molecule has 4 rings (SSSR count). The van der Waals surface area contributed by atoms with Crippen LogP contribution < -0.4 is 26.6 Å². The Labute approximate surface area is 224 Å². The van der Waals surface area contributed by atoms with Crippen LogP contribution in [0, 0.1) is 0 Å². The number of anilines is 2. The molecule has 6 N–H and O–H groups in total. The zero-order valence-corrected chi connectivity index (χ0v) is 21.8. The molecule has 1 saturated heterocycles. The quantitative estimate of drug-likeness (QED) is 0.0974. The van der Waals surface area contributed by atoms with Gasteiger partial charge in [-0.1, -0.05) is 5.16 Å². The van der Waals surface area contributed by atoms with E-state index in [1.807, 2.05) is 0 Å². The van der Waals surface area contributed by atoms with Gasteiger partial charge in [-0.3, -0.25) is 14.5 Å². The van der Waals surface area contributed by atoms with Crippen molar-refractivity contribution in [1.29, 1.82) is 0 Å². The van der Waals surface area contributed by atoms with E-state index in [1.165, 1.54) is 11.8 Å². The largest absolute Gasteiger partial charge is 0.543 e. The van der Waals surface area contributed by atoms with Crippen molar-refractivity contribution in [2.24, 2.45) is 5.16 Å². The van der Waals surface area contributed by atoms with Gasteiger partial charge in [0.05, 0.1) is 24.3 Å². The van der Waals surface area contributed by atoms with Gasteiger partial charge in [-0.15, -0.1) is 33.5 Å². The molecule has 0 aliphatic carbocycles. The summed E-state index contributed by atoms with van der Waals surface area (Å²) >= 11 is 2.16. The van der Waals surface area contributed by atoms with Crippen molar-refractivity contribution in [1.82, 2.24) is 24.3 Å². The third-order valence-electron chi connectivity index (χ3n) is 5.37. The number of hydrogen-bond donors (Lipinski definition) is 4. The highest BCUT2D eigenvalue weighted by Gasteiger charge is 2.53. The molecule has 2 aromatic heterocycles. The fourth-order valence-corrected chi connectivity index (χ4v) is 5.58. The molecule has 0 spiro atoms. The van der Waals surface area contributed by atoms with E-state index in [0.717, 1.165) is 16.4 Å². The van der Waals surface area contributed by atoms with E-state index in [0.29, 0.717) is 11.4 Å². The number of nitrogen functional groups attached to an aromatic ring is 2. The van der Waals surface area contributed by atoms with Gasteiger partial charge in [0.15, 0.2) is 23.7 Å². The Hall–Kier alpha value is -3.41. The first-order valence-corrected chi connectivity index (χ1v) is 12.5. The fourth-order valence-electron chi connectivity index (χ4n) is 3.81. The number of rotatable bonds is 10. The first-order chi connectivity index (χ1) is 17.3. The van der Waals surface area contributed by atoms with E-state index < -0.39 is 29.2 Å². The second kappa shape index (κ2) is 11.8. The molecule has 4 heterocycles. The number of aliphatic hydroxyl groups excluding tert-OH is 1. The number of nitrogens with two attached hydrogens (primary N) is 2. The van der Waals surface area contributed by atoms with Crippen LogP contribution in [0.5, 0.6) is 0 Å². The molecule has 37 heavy (non-hydrogen) atoms. The number of nitrogens with one attached hydrogen (secondary N) is 1. The van der Waals surface area contributed by atoms with Crippen LogP contribution in [0.3, 0.4) is 0 Å². The number of carboxylic acids is 1. The van der Waals surface area contributed by atoms with Crippen LogP contribution in [0.4, 0.5) is 10.9 Å². The summed E-state index contributed by atoms with van der Waals surface area (Å²) in [6.45, 7) is 2.02. The van der Waals surface area contributed by atoms with Crippen LogP contribution in [0.25, 0.3) is 0 Å². The Morgan fingerprint density at radius 3 is 2.81 bits per heavy atom. The Morgan fingerprint density at radius 2 is 2.19 bits per heavy atom. The van der Waals surface area contributed by atoms with E-state index in [2.05, 4.69) is 19.8 Å². The number of aromatic nitrogens is 4. The summed E-state index contributed by atoms with van der Waals surface area (Å²) < 4.78 is 7.20. The summed E-state index contributed by atoms with van der Waals surface area (Å²) in [5, 5.41) is 27.1. The van der Waals surface area contributed by atoms with Crippen LogP contribution in [0.1, 0.15) is 12.7 Å². The second-order valence-electron chi connectivity index (χ2n) is 7.60. The number of hydrogen-bond acceptors (Lipinski definition) is 13. The molecule has 200 valence electrons. The smallest absolute Gasteiger partial charge is 0.278 e. The maximum atomic E-state index is 13.0. The molecule has 0 saturated carbocycles. The Bertz CT molecular complexity index is 1260. The van der Waals surface area contributed by atoms with Crippen molar-refractivity contribution in [3.63, 3.8) is 0 Å². The number of fused-ring (bicyclic) bond motifs is 1. The van der Waals surface area contributed by atoms with Crippen molar-refractivity contribution in [2.75, 3.05) is 30.4 Å². The van der Waals surface area contributed by atoms with Gasteiger partial charge in [-0.25, -0.2) is 0 Å². The molecule has 2 aliphatic heterocycles. The van der Waals surface area contributed by atoms with Crippen LogP contribution >= 0.6 is 35.7 Å². The van der Waals surface area contributed by atoms with Gasteiger partial charge >= 0.3 is 0 Å². The van der Waals surface area contributed by atoms with E-state index >= 15 is 0 Å². The number of carbonyl (C=O) groups is 3. The summed E-state index contributed by atoms with van der Waals surface area (Å²) in [4.78, 5) is 48.0. The minimum atomic E-state index is -1.51. The summed E-state index contributed by atoms with van der Waals surface area (Å²) in [6.07, 6.45) is 1.65. The minimum absolute atomic E-state index is 0. The molecular weight excluding hydrogens is 550 g/mol. The zero-order chi connectivity index (χ0) is 26.0. The summed E-state index contributed by atoms with van der Waals surface area (Å²) in [5.74, 6) is -2.30. The number of oxime groups is 1. The zero-order valence-electron chi connectivity index (χ0n) is 19.4. The monoisotopic (exact) mass is 573 g/mol. The van der Waals surface area contributed by atoms with Gasteiger partial charge in [-0.05, 0) is 6.92 Å². The highest BCUT2D eigenvalue weighted by molar-refractivity contribution is 8.00. The highest BCUT2D eigenvalue weighted by Crippen LogP contribution is 2.40. The number of amides is 2. The van der Waals surface area contributed by atoms with Gasteiger partial charge < -0.3 is 36.6 Å². The highest BCUT2D eigenvalue weighted by atomic mass is 35.5. The van der Waals surface area contributed by atoms with Crippen molar-refractivity contribution in [3.8, 4) is 0 Å². The number of carbonyl (C=O) groups excluding carboxylic acids is 3. The number of carboxylic acid groups (broad SMARTS) is 1. The van der Waals surface area contributed by atoms with E-state index in [4.69, 9.17) is 16.3 Å². The SMILES string of the molecule is CCON=C(C(=O)N[C@@H]1C(=O)N2C(C(=O)[O-])=C(C[n+]3ccc(N)n3CCO)CS[C@H]12)c1nsc(N)n1.Cl. The number of thioether (sulfide) groups is 1. The van der Waals surface area contributed by atoms with Gasteiger partial charge in [0.2, 0.25) is 11.5 Å². The first kappa shape index (κ1) is 28.2. The molecule has 15 nitrogen and oxygen atoms in total. The molecular formula is C19H24ClN9O6S2. The summed E-state index contributed by atoms with van der Waals surface area (Å²) in [7, 11) is 0. The number of nitrogens with zero attached hydrogens (tertiary/aromatic N) is 6. The number of halogens is 1. The summed E-state index contributed by atoms with van der Waals surface area (Å²) in [6, 6.07) is 0.614. The normalized spacial score (nSPS) is 19.1. The van der Waals surface area contributed by atoms with Crippen LogP contribution in [0.2, 0.25) is 0 Å². The third kappa shape index (κ3) is 5.48. The second-order valence-corrected chi connectivity index (χ2v) is 9.49. The van der Waals surface area contributed by atoms with Crippen molar-refractivity contribution < 1.29 is 34.1 Å². The van der Waals surface area contributed by atoms with Crippen LogP contribution in [0.15, 0.2) is 28.7 Å². The molecule has 2 aliphatic rings. The molecule has 2 atom stereocenters. The first-order valence-electron chi connectivity index (χ1n) is 10.7. The van der Waals surface area contributed by atoms with Gasteiger partial charge in [0, 0.05) is 22.9 Å². The molecule has 0 bridgehead atoms. The van der Waals surface area contributed by atoms with E-state index in [9.17, 15) is 24.6 Å². The van der Waals surface area contributed by atoms with Gasteiger partial charge in [-0.2, -0.15) is 9.36 Å². The van der Waals surface area contributed by atoms with Crippen molar-refractivity contribution in [2.45, 2.75) is 31.4 Å². The number of aliphatic hydroxyl groups is 1. The molecule has 2 amide bonds. The third-order valence-corrected chi connectivity index (χ3v) is 7.25. The molecule has 1 fully saturated rings. The van der Waals surface area contributed by atoms with Crippen LogP contribution in [-0.4, -0.2) is 77.9 Å².